The molecule has 0 aromatic heterocycles. The van der Waals surface area contributed by atoms with Crippen LogP contribution in [0.3, 0.4) is 0 Å². The molecule has 2 N–H and O–H groups in total. The van der Waals surface area contributed by atoms with E-state index in [9.17, 15) is 18.4 Å². The Kier molecular flexibility index (Phi) is 7.59. The van der Waals surface area contributed by atoms with Crippen LogP contribution in [0.15, 0.2) is 18.2 Å². The van der Waals surface area contributed by atoms with Gasteiger partial charge in [0.2, 0.25) is 5.91 Å². The highest BCUT2D eigenvalue weighted by molar-refractivity contribution is 6.32. The molecule has 0 spiro atoms. The van der Waals surface area contributed by atoms with E-state index in [4.69, 9.17) is 16.7 Å². The fourth-order valence-corrected chi connectivity index (χ4v) is 3.26. The number of benzene rings is 1. The molecule has 9 heteroatoms. The van der Waals surface area contributed by atoms with Crippen LogP contribution in [-0.4, -0.2) is 48.1 Å². The first-order chi connectivity index (χ1) is 12.3. The Balaban J connectivity index is 1.84. The lowest BCUT2D eigenvalue weighted by molar-refractivity contribution is -0.137. The van der Waals surface area contributed by atoms with Crippen LogP contribution in [0.2, 0.25) is 5.02 Å². The van der Waals surface area contributed by atoms with Gasteiger partial charge in [-0.1, -0.05) is 11.6 Å². The number of nitrogens with zero attached hydrogens (tertiary/aromatic N) is 1. The quantitative estimate of drug-likeness (QED) is 0.710. The molecule has 2 rings (SSSR count). The summed E-state index contributed by atoms with van der Waals surface area (Å²) < 4.78 is 28.7. The molecular formula is C17H21ClF2N2O4. The van der Waals surface area contributed by atoms with E-state index in [1.54, 1.807) is 0 Å². The van der Waals surface area contributed by atoms with E-state index in [-0.39, 0.29) is 35.6 Å². The van der Waals surface area contributed by atoms with Crippen molar-refractivity contribution in [3.05, 3.63) is 23.2 Å². The number of carbonyl (C=O) groups is 2. The number of aliphatic carboxylic acids is 1. The molecule has 1 saturated heterocycles. The fourth-order valence-electron chi connectivity index (χ4n) is 3.03. The van der Waals surface area contributed by atoms with Gasteiger partial charge in [0.05, 0.1) is 11.6 Å². The van der Waals surface area contributed by atoms with Crippen LogP contribution in [0.1, 0.15) is 25.7 Å². The van der Waals surface area contributed by atoms with Crippen molar-refractivity contribution in [3.63, 3.8) is 0 Å². The van der Waals surface area contributed by atoms with E-state index in [1.807, 2.05) is 4.90 Å². The first kappa shape index (κ1) is 20.4. The highest BCUT2D eigenvalue weighted by atomic mass is 35.5. The molecule has 0 radical (unpaired) electrons. The van der Waals surface area contributed by atoms with E-state index in [2.05, 4.69) is 10.1 Å². The molecule has 1 fully saturated rings. The van der Waals surface area contributed by atoms with Gasteiger partial charge < -0.3 is 15.2 Å². The zero-order valence-corrected chi connectivity index (χ0v) is 14.8. The standard InChI is InChI=1S/C17H21ClF2N2O4/c18-13-8-12(4-5-14(13)26-17(19)20)21-15(23)10-22-7-1-2-11(9-22)3-6-16(24)25/h4-5,8,11,17H,1-3,6-7,9-10H2,(H,21,23)(H,24,25). The van der Waals surface area contributed by atoms with Crippen molar-refractivity contribution in [1.82, 2.24) is 4.90 Å². The maximum Gasteiger partial charge on any atom is 0.387 e. The predicted octanol–water partition coefficient (Wildman–Crippen LogP) is 3.46. The first-order valence-electron chi connectivity index (χ1n) is 8.32. The number of alkyl halides is 2. The summed E-state index contributed by atoms with van der Waals surface area (Å²) in [6, 6.07) is 4.06. The molecule has 26 heavy (non-hydrogen) atoms. The zero-order chi connectivity index (χ0) is 19.1. The Bertz CT molecular complexity index is 645. The molecule has 1 unspecified atom stereocenters. The van der Waals surface area contributed by atoms with Gasteiger partial charge in [0.1, 0.15) is 5.75 Å². The number of amides is 1. The lowest BCUT2D eigenvalue weighted by atomic mass is 9.93. The molecule has 0 saturated carbocycles. The maximum atomic E-state index is 12.2. The Morgan fingerprint density at radius 1 is 1.42 bits per heavy atom. The van der Waals surface area contributed by atoms with Gasteiger partial charge in [-0.2, -0.15) is 8.78 Å². The monoisotopic (exact) mass is 390 g/mol. The van der Waals surface area contributed by atoms with Crippen molar-refractivity contribution in [2.24, 2.45) is 5.92 Å². The third-order valence-electron chi connectivity index (χ3n) is 4.17. The lowest BCUT2D eigenvalue weighted by Gasteiger charge is -2.32. The summed E-state index contributed by atoms with van der Waals surface area (Å²) in [6.45, 7) is -1.33. The number of nitrogens with one attached hydrogen (secondary N) is 1. The third kappa shape index (κ3) is 6.76. The van der Waals surface area contributed by atoms with E-state index < -0.39 is 12.6 Å². The number of hydrogen-bond donors (Lipinski definition) is 2. The maximum absolute atomic E-state index is 12.2. The number of halogens is 3. The molecule has 1 aliphatic heterocycles. The van der Waals surface area contributed by atoms with Crippen LogP contribution in [0.5, 0.6) is 5.75 Å². The Morgan fingerprint density at radius 2 is 2.19 bits per heavy atom. The Labute approximate surface area is 155 Å². The van der Waals surface area contributed by atoms with Crippen molar-refractivity contribution >= 4 is 29.2 Å². The average Bonchev–Trinajstić information content (AvgIpc) is 2.55. The molecule has 6 nitrogen and oxygen atoms in total. The topological polar surface area (TPSA) is 78.9 Å². The molecule has 1 amide bonds. The summed E-state index contributed by atoms with van der Waals surface area (Å²) in [7, 11) is 0. The fraction of sp³-hybridized carbons (Fsp3) is 0.529. The minimum absolute atomic E-state index is 0.0187. The number of hydrogen-bond acceptors (Lipinski definition) is 4. The molecule has 1 aliphatic rings. The highest BCUT2D eigenvalue weighted by Crippen LogP contribution is 2.29. The van der Waals surface area contributed by atoms with Gasteiger partial charge in [0.25, 0.3) is 0 Å². The molecule has 1 aromatic rings. The number of carbonyl (C=O) groups excluding carboxylic acids is 1. The number of ether oxygens (including phenoxy) is 1. The van der Waals surface area contributed by atoms with E-state index in [0.29, 0.717) is 18.7 Å². The third-order valence-corrected chi connectivity index (χ3v) is 4.46. The van der Waals surface area contributed by atoms with E-state index in [1.165, 1.54) is 18.2 Å². The van der Waals surface area contributed by atoms with Gasteiger partial charge in [-0.3, -0.25) is 14.5 Å². The predicted molar refractivity (Wildman–Crippen MR) is 92.7 cm³/mol. The molecule has 1 atom stereocenters. The van der Waals surface area contributed by atoms with Crippen LogP contribution in [0, 0.1) is 5.92 Å². The molecule has 1 aromatic carbocycles. The molecule has 144 valence electrons. The Hall–Kier alpha value is -1.93. The van der Waals surface area contributed by atoms with Crippen molar-refractivity contribution in [1.29, 1.82) is 0 Å². The summed E-state index contributed by atoms with van der Waals surface area (Å²) in [5, 5.41) is 11.4. The minimum Gasteiger partial charge on any atom is -0.481 e. The summed E-state index contributed by atoms with van der Waals surface area (Å²) in [6.07, 6.45) is 2.63. The lowest BCUT2D eigenvalue weighted by Crippen LogP contribution is -2.40. The number of anilines is 1. The second kappa shape index (κ2) is 9.68. The second-order valence-electron chi connectivity index (χ2n) is 6.25. The number of likely N-dealkylation sites (tertiary alicyclic amines) is 1. The summed E-state index contributed by atoms with van der Waals surface area (Å²) in [5.41, 5.74) is 0.390. The average molecular weight is 391 g/mol. The first-order valence-corrected chi connectivity index (χ1v) is 8.69. The summed E-state index contributed by atoms with van der Waals surface area (Å²) >= 11 is 5.86. The van der Waals surface area contributed by atoms with Crippen LogP contribution in [0.25, 0.3) is 0 Å². The Morgan fingerprint density at radius 3 is 2.85 bits per heavy atom. The van der Waals surface area contributed by atoms with E-state index in [0.717, 1.165) is 19.4 Å². The molecule has 0 bridgehead atoms. The van der Waals surface area contributed by atoms with Crippen molar-refractivity contribution in [3.8, 4) is 5.75 Å². The summed E-state index contributed by atoms with van der Waals surface area (Å²) in [4.78, 5) is 24.8. The number of carboxylic acid groups (broad SMARTS) is 1. The van der Waals surface area contributed by atoms with Gasteiger partial charge in [0, 0.05) is 18.7 Å². The van der Waals surface area contributed by atoms with Crippen molar-refractivity contribution < 1.29 is 28.2 Å². The van der Waals surface area contributed by atoms with Crippen LogP contribution < -0.4 is 10.1 Å². The molecule has 1 heterocycles. The smallest absolute Gasteiger partial charge is 0.387 e. The van der Waals surface area contributed by atoms with Crippen molar-refractivity contribution in [2.45, 2.75) is 32.3 Å². The number of rotatable bonds is 8. The number of carboxylic acids is 1. The minimum atomic E-state index is -2.97. The SMILES string of the molecule is O=C(O)CCC1CCCN(CC(=O)Nc2ccc(OC(F)F)c(Cl)c2)C1. The van der Waals surface area contributed by atoms with E-state index >= 15 is 0 Å². The van der Waals surface area contributed by atoms with Crippen LogP contribution >= 0.6 is 11.6 Å². The van der Waals surface area contributed by atoms with Crippen LogP contribution in [0.4, 0.5) is 14.5 Å². The normalized spacial score (nSPS) is 17.9. The van der Waals surface area contributed by atoms with Gasteiger partial charge in [-0.05, 0) is 49.9 Å². The summed E-state index contributed by atoms with van der Waals surface area (Å²) in [5.74, 6) is -0.941. The second-order valence-corrected chi connectivity index (χ2v) is 6.65. The van der Waals surface area contributed by atoms with Gasteiger partial charge in [0.15, 0.2) is 0 Å². The van der Waals surface area contributed by atoms with Crippen molar-refractivity contribution in [2.75, 3.05) is 25.0 Å². The molecule has 0 aliphatic carbocycles. The molecular weight excluding hydrogens is 370 g/mol. The van der Waals surface area contributed by atoms with Gasteiger partial charge >= 0.3 is 12.6 Å². The number of piperidine rings is 1. The van der Waals surface area contributed by atoms with Crippen LogP contribution in [-0.2, 0) is 9.59 Å². The zero-order valence-electron chi connectivity index (χ0n) is 14.1. The highest BCUT2D eigenvalue weighted by Gasteiger charge is 2.22. The largest absolute Gasteiger partial charge is 0.481 e. The van der Waals surface area contributed by atoms with Gasteiger partial charge in [-0.15, -0.1) is 0 Å². The van der Waals surface area contributed by atoms with Gasteiger partial charge in [-0.25, -0.2) is 0 Å².